The predicted molar refractivity (Wildman–Crippen MR) is 69.7 cm³/mol. The summed E-state index contributed by atoms with van der Waals surface area (Å²) in [5, 5.41) is 5.15. The zero-order chi connectivity index (χ0) is 13.6. The number of nitrogens with two attached hydrogens (primary N) is 1. The molecule has 98 valence electrons. The molecule has 0 fully saturated rings. The van der Waals surface area contributed by atoms with Crippen LogP contribution in [0.2, 0.25) is 0 Å². The minimum Gasteiger partial charge on any atom is -0.359 e. The zero-order valence-corrected chi connectivity index (χ0v) is 10.7. The van der Waals surface area contributed by atoms with Gasteiger partial charge in [-0.15, -0.1) is 0 Å². The molecule has 0 aromatic heterocycles. The Morgan fingerprint density at radius 1 is 1.28 bits per heavy atom. The number of rotatable bonds is 5. The lowest BCUT2D eigenvalue weighted by Gasteiger charge is -2.24. The molecule has 1 rings (SSSR count). The minimum atomic E-state index is -1.09. The molecule has 0 radical (unpaired) electrons. The van der Waals surface area contributed by atoms with Crippen LogP contribution in [0, 0.1) is 0 Å². The maximum Gasteiger partial charge on any atom is 0.244 e. The number of hydrogen-bond donors (Lipinski definition) is 3. The molecule has 0 aliphatic rings. The molecular formula is C13H19N3O2. The van der Waals surface area contributed by atoms with E-state index in [0.29, 0.717) is 0 Å². The van der Waals surface area contributed by atoms with E-state index in [1.807, 2.05) is 18.2 Å². The average Bonchev–Trinajstić information content (AvgIpc) is 2.39. The molecule has 1 atom stereocenters. The second-order valence-electron chi connectivity index (χ2n) is 4.25. The number of benzene rings is 1. The van der Waals surface area contributed by atoms with Crippen molar-refractivity contribution >= 4 is 11.8 Å². The Morgan fingerprint density at radius 3 is 2.44 bits per heavy atom. The molecule has 2 amide bonds. The third kappa shape index (κ3) is 3.56. The highest BCUT2D eigenvalue weighted by Gasteiger charge is 2.29. The van der Waals surface area contributed by atoms with E-state index in [4.69, 9.17) is 5.73 Å². The maximum absolute atomic E-state index is 12.0. The first-order valence-corrected chi connectivity index (χ1v) is 5.81. The van der Waals surface area contributed by atoms with Crippen molar-refractivity contribution in [1.29, 1.82) is 0 Å². The quantitative estimate of drug-likeness (QED) is 0.692. The van der Waals surface area contributed by atoms with Crippen molar-refractivity contribution in [3.63, 3.8) is 0 Å². The van der Waals surface area contributed by atoms with E-state index in [1.54, 1.807) is 26.1 Å². The van der Waals surface area contributed by atoms with E-state index in [-0.39, 0.29) is 24.8 Å². The van der Waals surface area contributed by atoms with E-state index in [0.717, 1.165) is 5.56 Å². The topological polar surface area (TPSA) is 84.2 Å². The Bertz CT molecular complexity index is 416. The van der Waals surface area contributed by atoms with Gasteiger partial charge in [0.15, 0.2) is 0 Å². The highest BCUT2D eigenvalue weighted by molar-refractivity contribution is 5.87. The maximum atomic E-state index is 12.0. The summed E-state index contributed by atoms with van der Waals surface area (Å²) >= 11 is 0. The van der Waals surface area contributed by atoms with Crippen LogP contribution >= 0.6 is 0 Å². The number of nitrogens with one attached hydrogen (secondary N) is 2. The lowest BCUT2D eigenvalue weighted by molar-refractivity contribution is -0.126. The average molecular weight is 249 g/mol. The van der Waals surface area contributed by atoms with Crippen molar-refractivity contribution in [2.45, 2.75) is 18.9 Å². The van der Waals surface area contributed by atoms with Gasteiger partial charge in [-0.25, -0.2) is 0 Å². The van der Waals surface area contributed by atoms with Gasteiger partial charge in [0.1, 0.15) is 5.54 Å². The third-order valence-corrected chi connectivity index (χ3v) is 2.76. The summed E-state index contributed by atoms with van der Waals surface area (Å²) in [6.45, 7) is 1.93. The van der Waals surface area contributed by atoms with E-state index < -0.39 is 5.54 Å². The molecular weight excluding hydrogens is 230 g/mol. The summed E-state index contributed by atoms with van der Waals surface area (Å²) in [5.74, 6) is -0.411. The summed E-state index contributed by atoms with van der Waals surface area (Å²) in [5.41, 5.74) is 5.66. The summed E-state index contributed by atoms with van der Waals surface area (Å²) in [6.07, 6.45) is 0.243. The van der Waals surface area contributed by atoms with Crippen molar-refractivity contribution in [3.8, 4) is 0 Å². The second kappa shape index (κ2) is 6.16. The van der Waals surface area contributed by atoms with Gasteiger partial charge in [0.05, 0.1) is 0 Å². The van der Waals surface area contributed by atoms with Gasteiger partial charge < -0.3 is 16.4 Å². The van der Waals surface area contributed by atoms with Gasteiger partial charge >= 0.3 is 0 Å². The van der Waals surface area contributed by atoms with Gasteiger partial charge in [-0.05, 0) is 12.5 Å². The summed E-state index contributed by atoms with van der Waals surface area (Å²) in [6, 6.07) is 9.14. The number of hydrogen-bond acceptors (Lipinski definition) is 3. The van der Waals surface area contributed by atoms with Gasteiger partial charge in [0, 0.05) is 20.0 Å². The third-order valence-electron chi connectivity index (χ3n) is 2.76. The summed E-state index contributed by atoms with van der Waals surface area (Å²) < 4.78 is 0. The van der Waals surface area contributed by atoms with Crippen molar-refractivity contribution in [1.82, 2.24) is 10.6 Å². The van der Waals surface area contributed by atoms with Gasteiger partial charge in [-0.2, -0.15) is 0 Å². The summed E-state index contributed by atoms with van der Waals surface area (Å²) in [7, 11) is 1.56. The molecule has 0 heterocycles. The highest BCUT2D eigenvalue weighted by atomic mass is 16.2. The van der Waals surface area contributed by atoms with E-state index in [2.05, 4.69) is 10.6 Å². The molecule has 0 aliphatic carbocycles. The molecule has 0 saturated carbocycles. The largest absolute Gasteiger partial charge is 0.359 e. The van der Waals surface area contributed by atoms with Crippen LogP contribution in [0.1, 0.15) is 18.9 Å². The second-order valence-corrected chi connectivity index (χ2v) is 4.25. The van der Waals surface area contributed by atoms with Gasteiger partial charge in [0.2, 0.25) is 11.8 Å². The van der Waals surface area contributed by atoms with Crippen LogP contribution in [0.5, 0.6) is 0 Å². The molecule has 0 bridgehead atoms. The minimum absolute atomic E-state index is 0.117. The fourth-order valence-corrected chi connectivity index (χ4v) is 1.51. The number of amides is 2. The van der Waals surface area contributed by atoms with Gasteiger partial charge in [-0.1, -0.05) is 30.3 Å². The van der Waals surface area contributed by atoms with Crippen molar-refractivity contribution in [2.24, 2.45) is 5.73 Å². The smallest absolute Gasteiger partial charge is 0.244 e. The Balaban J connectivity index is 2.58. The molecule has 4 N–H and O–H groups in total. The van der Waals surface area contributed by atoms with Crippen LogP contribution < -0.4 is 16.4 Å². The van der Waals surface area contributed by atoms with E-state index in [9.17, 15) is 9.59 Å². The lowest BCUT2D eigenvalue weighted by atomic mass is 9.92. The first-order valence-electron chi connectivity index (χ1n) is 5.81. The van der Waals surface area contributed by atoms with Crippen molar-refractivity contribution < 1.29 is 9.59 Å². The first-order chi connectivity index (χ1) is 8.48. The van der Waals surface area contributed by atoms with Crippen LogP contribution in [0.3, 0.4) is 0 Å². The number of carbonyl (C=O) groups is 2. The fraction of sp³-hybridized carbons (Fsp3) is 0.385. The Kier molecular flexibility index (Phi) is 4.85. The standard InChI is InChI=1S/C13H19N3O2/c1-13(14,10-6-4-3-5-7-10)12(18)16-9-8-11(17)15-2/h3-7H,8-9,14H2,1-2H3,(H,15,17)(H,16,18). The van der Waals surface area contributed by atoms with Gasteiger partial charge in [-0.3, -0.25) is 9.59 Å². The molecule has 5 nitrogen and oxygen atoms in total. The molecule has 5 heteroatoms. The molecule has 18 heavy (non-hydrogen) atoms. The molecule has 0 spiro atoms. The Hall–Kier alpha value is -1.88. The predicted octanol–water partition coefficient (Wildman–Crippen LogP) is 0.113. The van der Waals surface area contributed by atoms with Crippen LogP contribution in [0.4, 0.5) is 0 Å². The first kappa shape index (κ1) is 14.2. The van der Waals surface area contributed by atoms with Crippen molar-refractivity contribution in [2.75, 3.05) is 13.6 Å². The van der Waals surface area contributed by atoms with Crippen LogP contribution in [-0.2, 0) is 15.1 Å². The monoisotopic (exact) mass is 249 g/mol. The van der Waals surface area contributed by atoms with Gasteiger partial charge in [0.25, 0.3) is 0 Å². The normalized spacial score (nSPS) is 13.5. The zero-order valence-electron chi connectivity index (χ0n) is 10.7. The van der Waals surface area contributed by atoms with Crippen LogP contribution in [0.15, 0.2) is 30.3 Å². The molecule has 0 aliphatic heterocycles. The van der Waals surface area contributed by atoms with E-state index in [1.165, 1.54) is 0 Å². The Labute approximate surface area is 107 Å². The highest BCUT2D eigenvalue weighted by Crippen LogP contribution is 2.17. The summed E-state index contributed by atoms with van der Waals surface area (Å²) in [4.78, 5) is 23.0. The lowest BCUT2D eigenvalue weighted by Crippen LogP contribution is -2.49. The Morgan fingerprint density at radius 2 is 1.89 bits per heavy atom. The molecule has 1 aromatic carbocycles. The SMILES string of the molecule is CNC(=O)CCNC(=O)C(C)(N)c1ccccc1. The van der Waals surface area contributed by atoms with Crippen LogP contribution in [0.25, 0.3) is 0 Å². The van der Waals surface area contributed by atoms with Crippen LogP contribution in [-0.4, -0.2) is 25.4 Å². The molecule has 1 aromatic rings. The van der Waals surface area contributed by atoms with Crippen molar-refractivity contribution in [3.05, 3.63) is 35.9 Å². The number of carbonyl (C=O) groups excluding carboxylic acids is 2. The fourth-order valence-electron chi connectivity index (χ4n) is 1.51. The van der Waals surface area contributed by atoms with E-state index >= 15 is 0 Å². The molecule has 1 unspecified atom stereocenters. The molecule has 0 saturated heterocycles.